The second-order valence-corrected chi connectivity index (χ2v) is 5.74. The number of thiazole rings is 1. The SMILES string of the molecule is CCCc1cnc(NC(=O)NCC(O)(CC)CC)s1. The summed E-state index contributed by atoms with van der Waals surface area (Å²) in [6, 6.07) is -0.322. The summed E-state index contributed by atoms with van der Waals surface area (Å²) in [6.07, 6.45) is 5.06. The van der Waals surface area contributed by atoms with Crippen LogP contribution < -0.4 is 10.6 Å². The Morgan fingerprint density at radius 2 is 2.11 bits per heavy atom. The molecule has 0 aliphatic rings. The highest BCUT2D eigenvalue weighted by molar-refractivity contribution is 7.15. The number of hydrogen-bond acceptors (Lipinski definition) is 4. The number of urea groups is 1. The lowest BCUT2D eigenvalue weighted by atomic mass is 9.98. The summed E-state index contributed by atoms with van der Waals surface area (Å²) in [7, 11) is 0. The molecule has 1 heterocycles. The lowest BCUT2D eigenvalue weighted by molar-refractivity contribution is 0.0354. The Hall–Kier alpha value is -1.14. The van der Waals surface area contributed by atoms with Crippen LogP contribution >= 0.6 is 11.3 Å². The molecule has 0 fully saturated rings. The minimum Gasteiger partial charge on any atom is -0.388 e. The second-order valence-electron chi connectivity index (χ2n) is 4.62. The lowest BCUT2D eigenvalue weighted by Gasteiger charge is -2.25. The maximum atomic E-state index is 11.7. The normalized spacial score (nSPS) is 11.4. The molecule has 6 heteroatoms. The third-order valence-corrected chi connectivity index (χ3v) is 4.14. The minimum atomic E-state index is -0.826. The van der Waals surface area contributed by atoms with Crippen LogP contribution in [0.15, 0.2) is 6.20 Å². The first kappa shape index (κ1) is 15.9. The van der Waals surface area contributed by atoms with E-state index in [-0.39, 0.29) is 12.6 Å². The third kappa shape index (κ3) is 5.16. The summed E-state index contributed by atoms with van der Waals surface area (Å²) in [4.78, 5) is 17.0. The van der Waals surface area contributed by atoms with E-state index in [4.69, 9.17) is 0 Å². The zero-order valence-electron chi connectivity index (χ0n) is 11.8. The average molecular weight is 285 g/mol. The number of carbonyl (C=O) groups excluding carboxylic acids is 1. The van der Waals surface area contributed by atoms with Crippen LogP contribution in [0.1, 0.15) is 44.9 Å². The Bertz CT molecular complexity index is 402. The molecule has 0 atom stereocenters. The highest BCUT2D eigenvalue weighted by Gasteiger charge is 2.22. The summed E-state index contributed by atoms with van der Waals surface area (Å²) in [5.41, 5.74) is -0.826. The van der Waals surface area contributed by atoms with Crippen molar-refractivity contribution in [3.8, 4) is 0 Å². The first-order valence-electron chi connectivity index (χ1n) is 6.75. The molecule has 0 spiro atoms. The van der Waals surface area contributed by atoms with E-state index in [0.717, 1.165) is 17.7 Å². The molecule has 0 aliphatic carbocycles. The molecule has 0 radical (unpaired) electrons. The van der Waals surface area contributed by atoms with Crippen LogP contribution in [-0.2, 0) is 6.42 Å². The quantitative estimate of drug-likeness (QED) is 0.721. The number of anilines is 1. The third-order valence-electron chi connectivity index (χ3n) is 3.16. The van der Waals surface area contributed by atoms with Crippen LogP contribution in [0.25, 0.3) is 0 Å². The largest absolute Gasteiger partial charge is 0.388 e. The number of nitrogens with zero attached hydrogens (tertiary/aromatic N) is 1. The molecule has 19 heavy (non-hydrogen) atoms. The van der Waals surface area contributed by atoms with Crippen molar-refractivity contribution in [3.05, 3.63) is 11.1 Å². The van der Waals surface area contributed by atoms with Crippen LogP contribution in [0.4, 0.5) is 9.93 Å². The maximum absolute atomic E-state index is 11.7. The summed E-state index contributed by atoms with van der Waals surface area (Å²) in [5.74, 6) is 0. The lowest BCUT2D eigenvalue weighted by Crippen LogP contribution is -2.43. The topological polar surface area (TPSA) is 74.2 Å². The summed E-state index contributed by atoms with van der Waals surface area (Å²) in [5, 5.41) is 16.0. The molecule has 3 N–H and O–H groups in total. The van der Waals surface area contributed by atoms with Gasteiger partial charge < -0.3 is 10.4 Å². The molecule has 0 saturated heterocycles. The summed E-state index contributed by atoms with van der Waals surface area (Å²) >= 11 is 1.49. The van der Waals surface area contributed by atoms with Gasteiger partial charge in [-0.15, -0.1) is 11.3 Å². The van der Waals surface area contributed by atoms with Gasteiger partial charge in [-0.25, -0.2) is 9.78 Å². The van der Waals surface area contributed by atoms with Crippen molar-refractivity contribution in [1.29, 1.82) is 0 Å². The Morgan fingerprint density at radius 3 is 2.68 bits per heavy atom. The highest BCUT2D eigenvalue weighted by atomic mass is 32.1. The Labute approximate surface area is 118 Å². The van der Waals surface area contributed by atoms with Gasteiger partial charge in [0, 0.05) is 17.6 Å². The predicted molar refractivity (Wildman–Crippen MR) is 78.7 cm³/mol. The van der Waals surface area contributed by atoms with E-state index in [2.05, 4.69) is 22.5 Å². The fraction of sp³-hybridized carbons (Fsp3) is 0.692. The van der Waals surface area contributed by atoms with Gasteiger partial charge in [-0.1, -0.05) is 27.2 Å². The minimum absolute atomic E-state index is 0.249. The van der Waals surface area contributed by atoms with Crippen LogP contribution in [0.3, 0.4) is 0 Å². The van der Waals surface area contributed by atoms with Gasteiger partial charge in [0.1, 0.15) is 0 Å². The van der Waals surface area contributed by atoms with Crippen LogP contribution in [0.5, 0.6) is 0 Å². The van der Waals surface area contributed by atoms with Crippen molar-refractivity contribution in [2.75, 3.05) is 11.9 Å². The molecule has 0 aromatic carbocycles. The van der Waals surface area contributed by atoms with Crippen LogP contribution in [-0.4, -0.2) is 28.3 Å². The van der Waals surface area contributed by atoms with Crippen molar-refractivity contribution in [2.45, 2.75) is 52.1 Å². The van der Waals surface area contributed by atoms with Gasteiger partial charge in [-0.05, 0) is 19.3 Å². The van der Waals surface area contributed by atoms with Gasteiger partial charge >= 0.3 is 6.03 Å². The van der Waals surface area contributed by atoms with E-state index in [0.29, 0.717) is 18.0 Å². The molecule has 1 aromatic rings. The Morgan fingerprint density at radius 1 is 1.42 bits per heavy atom. The van der Waals surface area contributed by atoms with Crippen molar-refractivity contribution in [1.82, 2.24) is 10.3 Å². The van der Waals surface area contributed by atoms with Gasteiger partial charge in [-0.2, -0.15) is 0 Å². The molecule has 0 unspecified atom stereocenters. The Balaban J connectivity index is 2.42. The van der Waals surface area contributed by atoms with E-state index in [1.807, 2.05) is 13.8 Å². The smallest absolute Gasteiger partial charge is 0.321 e. The Kier molecular flexibility index (Phi) is 6.24. The fourth-order valence-corrected chi connectivity index (χ4v) is 2.52. The average Bonchev–Trinajstić information content (AvgIpc) is 2.84. The predicted octanol–water partition coefficient (Wildman–Crippen LogP) is 2.77. The van der Waals surface area contributed by atoms with Gasteiger partial charge in [0.05, 0.1) is 5.60 Å². The van der Waals surface area contributed by atoms with Gasteiger partial charge in [-0.3, -0.25) is 5.32 Å². The number of amides is 2. The van der Waals surface area contributed by atoms with E-state index < -0.39 is 5.60 Å². The zero-order valence-corrected chi connectivity index (χ0v) is 12.6. The number of aryl methyl sites for hydroxylation is 1. The molecule has 1 aromatic heterocycles. The molecule has 0 aliphatic heterocycles. The van der Waals surface area contributed by atoms with Crippen molar-refractivity contribution < 1.29 is 9.90 Å². The summed E-state index contributed by atoms with van der Waals surface area (Å²) < 4.78 is 0. The number of aromatic nitrogens is 1. The van der Waals surface area contributed by atoms with Gasteiger partial charge in [0.15, 0.2) is 5.13 Å². The number of carbonyl (C=O) groups is 1. The first-order chi connectivity index (χ1) is 9.03. The number of hydrogen-bond donors (Lipinski definition) is 3. The van der Waals surface area contributed by atoms with E-state index in [1.54, 1.807) is 6.20 Å². The van der Waals surface area contributed by atoms with E-state index in [9.17, 15) is 9.90 Å². The maximum Gasteiger partial charge on any atom is 0.321 e. The van der Waals surface area contributed by atoms with E-state index in [1.165, 1.54) is 11.3 Å². The molecular weight excluding hydrogens is 262 g/mol. The number of nitrogens with one attached hydrogen (secondary N) is 2. The molecule has 0 saturated carbocycles. The molecule has 2 amide bonds. The first-order valence-corrected chi connectivity index (χ1v) is 7.56. The summed E-state index contributed by atoms with van der Waals surface area (Å²) in [6.45, 7) is 6.16. The fourth-order valence-electron chi connectivity index (χ4n) is 1.61. The van der Waals surface area contributed by atoms with Crippen LogP contribution in [0.2, 0.25) is 0 Å². The van der Waals surface area contributed by atoms with Crippen molar-refractivity contribution >= 4 is 22.5 Å². The molecule has 1 rings (SSSR count). The van der Waals surface area contributed by atoms with Gasteiger partial charge in [0.25, 0.3) is 0 Å². The van der Waals surface area contributed by atoms with Crippen LogP contribution in [0, 0.1) is 0 Å². The monoisotopic (exact) mass is 285 g/mol. The van der Waals surface area contributed by atoms with Crippen molar-refractivity contribution in [3.63, 3.8) is 0 Å². The number of aliphatic hydroxyl groups is 1. The number of rotatable bonds is 7. The molecule has 108 valence electrons. The van der Waals surface area contributed by atoms with E-state index >= 15 is 0 Å². The highest BCUT2D eigenvalue weighted by Crippen LogP contribution is 2.19. The second kappa shape index (κ2) is 7.45. The zero-order chi connectivity index (χ0) is 14.3. The van der Waals surface area contributed by atoms with Crippen molar-refractivity contribution in [2.24, 2.45) is 0 Å². The van der Waals surface area contributed by atoms with Gasteiger partial charge in [0.2, 0.25) is 0 Å². The standard InChI is InChI=1S/C13H23N3O2S/c1-4-7-10-8-14-12(19-10)16-11(17)15-9-13(18,5-2)6-3/h8,18H,4-7,9H2,1-3H3,(H2,14,15,16,17). The molecular formula is C13H23N3O2S. The molecule has 5 nitrogen and oxygen atoms in total. The molecule has 0 bridgehead atoms.